The number of carbonyl (C=O) groups excluding carboxylic acids is 3. The fraction of sp³-hybridized carbons (Fsp3) is 0.567. The predicted octanol–water partition coefficient (Wildman–Crippen LogP) is 2.41. The molecular formula is C30H37NO8. The second-order valence-electron chi connectivity index (χ2n) is 12.1. The van der Waals surface area contributed by atoms with Gasteiger partial charge in [-0.3, -0.25) is 9.59 Å². The standard InChI is InChI=1S/C30H37NO8/c1-15-11-22-28(36,24(15)34)13-18(14-32)12-20-23-27(4,5)30(23,39-17(3)33)25(16(2)29(20,22)37)38-26(35)19-9-7-8-10-21(19)31-6/h7-12,16,20,22-23,25,31-32,36-37H,13-14H2,1-6H3/t16-,20+,22-,23?,25-,28-,29-,30-/m1/s1. The Bertz CT molecular complexity index is 1320. The van der Waals surface area contributed by atoms with Gasteiger partial charge in [-0.15, -0.1) is 0 Å². The number of esters is 2. The molecule has 4 aliphatic carbocycles. The number of nitrogens with one attached hydrogen (secondary N) is 1. The van der Waals surface area contributed by atoms with Crippen molar-refractivity contribution in [1.29, 1.82) is 0 Å². The zero-order valence-corrected chi connectivity index (χ0v) is 23.1. The molecule has 0 spiro atoms. The Balaban J connectivity index is 1.70. The number of aliphatic hydroxyl groups excluding tert-OH is 1. The molecule has 1 aromatic rings. The largest absolute Gasteiger partial charge is 0.454 e. The van der Waals surface area contributed by atoms with E-state index in [4.69, 9.17) is 9.47 Å². The van der Waals surface area contributed by atoms with E-state index >= 15 is 0 Å². The van der Waals surface area contributed by atoms with Crippen molar-refractivity contribution < 1.29 is 39.2 Å². The number of para-hydroxylation sites is 1. The summed E-state index contributed by atoms with van der Waals surface area (Å²) >= 11 is 0. The molecule has 210 valence electrons. The van der Waals surface area contributed by atoms with Gasteiger partial charge in [-0.1, -0.05) is 45.1 Å². The number of fused-ring (bicyclic) bond motifs is 5. The van der Waals surface area contributed by atoms with E-state index in [0.29, 0.717) is 16.8 Å². The third-order valence-corrected chi connectivity index (χ3v) is 9.92. The molecule has 5 rings (SSSR count). The molecule has 0 radical (unpaired) electrons. The average Bonchev–Trinajstić information content (AvgIpc) is 3.31. The number of ketones is 1. The number of hydrogen-bond donors (Lipinski definition) is 4. The van der Waals surface area contributed by atoms with Crippen LogP contribution >= 0.6 is 0 Å². The Kier molecular flexibility index (Phi) is 6.18. The number of benzene rings is 1. The summed E-state index contributed by atoms with van der Waals surface area (Å²) in [6.07, 6.45) is 2.09. The number of hydrogen-bond acceptors (Lipinski definition) is 9. The van der Waals surface area contributed by atoms with E-state index in [9.17, 15) is 29.7 Å². The maximum atomic E-state index is 13.6. The molecule has 0 amide bonds. The predicted molar refractivity (Wildman–Crippen MR) is 142 cm³/mol. The topological polar surface area (TPSA) is 142 Å². The second-order valence-corrected chi connectivity index (χ2v) is 12.1. The molecular weight excluding hydrogens is 502 g/mol. The highest BCUT2D eigenvalue weighted by Gasteiger charge is 2.87. The molecule has 0 bridgehead atoms. The van der Waals surface area contributed by atoms with Crippen molar-refractivity contribution in [1.82, 2.24) is 0 Å². The van der Waals surface area contributed by atoms with Crippen LogP contribution in [0.25, 0.3) is 0 Å². The minimum atomic E-state index is -1.97. The molecule has 0 saturated heterocycles. The Labute approximate surface area is 227 Å². The van der Waals surface area contributed by atoms with E-state index in [2.05, 4.69) is 5.32 Å². The van der Waals surface area contributed by atoms with Gasteiger partial charge in [-0.05, 0) is 30.2 Å². The zero-order chi connectivity index (χ0) is 28.7. The number of rotatable bonds is 5. The minimum Gasteiger partial charge on any atom is -0.454 e. The van der Waals surface area contributed by atoms with E-state index in [-0.39, 0.29) is 12.0 Å². The van der Waals surface area contributed by atoms with Crippen LogP contribution in [0.2, 0.25) is 0 Å². The van der Waals surface area contributed by atoms with Gasteiger partial charge in [0.05, 0.1) is 17.8 Å². The van der Waals surface area contributed by atoms with Crippen LogP contribution in [0.3, 0.4) is 0 Å². The zero-order valence-electron chi connectivity index (χ0n) is 23.1. The van der Waals surface area contributed by atoms with Gasteiger partial charge in [0.1, 0.15) is 11.7 Å². The van der Waals surface area contributed by atoms with Gasteiger partial charge in [0, 0.05) is 55.2 Å². The summed E-state index contributed by atoms with van der Waals surface area (Å²) in [6, 6.07) is 6.85. The molecule has 4 N–H and O–H groups in total. The molecule has 0 aliphatic heterocycles. The lowest BCUT2D eigenvalue weighted by molar-refractivity contribution is -0.219. The van der Waals surface area contributed by atoms with Crippen LogP contribution in [0.1, 0.15) is 51.4 Å². The lowest BCUT2D eigenvalue weighted by Crippen LogP contribution is -2.66. The molecule has 9 nitrogen and oxygen atoms in total. The molecule has 8 atom stereocenters. The van der Waals surface area contributed by atoms with Crippen molar-refractivity contribution in [2.24, 2.45) is 29.1 Å². The van der Waals surface area contributed by atoms with E-state index in [1.165, 1.54) is 6.92 Å². The third kappa shape index (κ3) is 3.45. The van der Waals surface area contributed by atoms with E-state index in [1.54, 1.807) is 57.3 Å². The molecule has 2 saturated carbocycles. The van der Waals surface area contributed by atoms with Crippen molar-refractivity contribution in [2.45, 2.75) is 63.9 Å². The van der Waals surface area contributed by atoms with E-state index in [1.807, 2.05) is 13.8 Å². The summed E-state index contributed by atoms with van der Waals surface area (Å²) in [7, 11) is 1.69. The van der Waals surface area contributed by atoms with Gasteiger partial charge in [-0.25, -0.2) is 4.79 Å². The highest BCUT2D eigenvalue weighted by atomic mass is 16.6. The summed E-state index contributed by atoms with van der Waals surface area (Å²) < 4.78 is 12.2. The van der Waals surface area contributed by atoms with Crippen LogP contribution < -0.4 is 5.32 Å². The Hall–Kier alpha value is -3.01. The van der Waals surface area contributed by atoms with Crippen molar-refractivity contribution in [3.8, 4) is 0 Å². The quantitative estimate of drug-likeness (QED) is 0.328. The smallest absolute Gasteiger partial charge is 0.340 e. The van der Waals surface area contributed by atoms with Gasteiger partial charge in [0.2, 0.25) is 0 Å². The van der Waals surface area contributed by atoms with Crippen molar-refractivity contribution in [3.63, 3.8) is 0 Å². The lowest BCUT2D eigenvalue weighted by Gasteiger charge is -2.53. The van der Waals surface area contributed by atoms with Crippen LogP contribution in [0.5, 0.6) is 0 Å². The normalized spacial score (nSPS) is 39.7. The molecule has 0 aromatic heterocycles. The van der Waals surface area contributed by atoms with Crippen molar-refractivity contribution in [2.75, 3.05) is 19.0 Å². The molecule has 2 fully saturated rings. The van der Waals surface area contributed by atoms with Crippen LogP contribution in [-0.4, -0.2) is 69.6 Å². The monoisotopic (exact) mass is 539 g/mol. The number of Topliss-reactive ketones (excluding diaryl/α,β-unsaturated/α-hetero) is 1. The first-order valence-electron chi connectivity index (χ1n) is 13.4. The summed E-state index contributed by atoms with van der Waals surface area (Å²) in [4.78, 5) is 39.4. The van der Waals surface area contributed by atoms with Gasteiger partial charge >= 0.3 is 11.9 Å². The van der Waals surface area contributed by atoms with Crippen molar-refractivity contribution in [3.05, 3.63) is 53.1 Å². The Morgan fingerprint density at radius 2 is 1.82 bits per heavy atom. The number of anilines is 1. The first-order chi connectivity index (χ1) is 18.2. The van der Waals surface area contributed by atoms with Crippen molar-refractivity contribution >= 4 is 23.4 Å². The number of ether oxygens (including phenoxy) is 2. The average molecular weight is 540 g/mol. The highest BCUT2D eigenvalue weighted by Crippen LogP contribution is 2.77. The minimum absolute atomic E-state index is 0.139. The van der Waals surface area contributed by atoms with Crippen LogP contribution in [0.4, 0.5) is 5.69 Å². The van der Waals surface area contributed by atoms with Crippen LogP contribution in [-0.2, 0) is 19.1 Å². The van der Waals surface area contributed by atoms with E-state index in [0.717, 1.165) is 0 Å². The van der Waals surface area contributed by atoms with Gasteiger partial charge in [0.25, 0.3) is 0 Å². The second kappa shape index (κ2) is 8.74. The van der Waals surface area contributed by atoms with Gasteiger partial charge in [-0.2, -0.15) is 0 Å². The fourth-order valence-electron chi connectivity index (χ4n) is 8.12. The first kappa shape index (κ1) is 27.6. The fourth-order valence-corrected chi connectivity index (χ4v) is 8.12. The van der Waals surface area contributed by atoms with Gasteiger partial charge < -0.3 is 30.1 Å². The van der Waals surface area contributed by atoms with Gasteiger partial charge in [0.15, 0.2) is 11.4 Å². The maximum absolute atomic E-state index is 13.6. The number of aliphatic hydroxyl groups is 3. The molecule has 4 aliphatic rings. The summed E-state index contributed by atoms with van der Waals surface area (Å²) in [5, 5.41) is 37.7. The Morgan fingerprint density at radius 1 is 1.15 bits per heavy atom. The van der Waals surface area contributed by atoms with Crippen LogP contribution in [0.15, 0.2) is 47.6 Å². The summed E-state index contributed by atoms with van der Waals surface area (Å²) in [5.74, 6) is -4.86. The van der Waals surface area contributed by atoms with E-state index < -0.39 is 76.3 Å². The lowest BCUT2D eigenvalue weighted by atomic mass is 9.59. The summed E-state index contributed by atoms with van der Waals surface area (Å²) in [5.41, 5.74) is -4.19. The highest BCUT2D eigenvalue weighted by molar-refractivity contribution is 6.05. The number of carbonyl (C=O) groups is 3. The summed E-state index contributed by atoms with van der Waals surface area (Å²) in [6.45, 7) is 7.98. The Morgan fingerprint density at radius 3 is 2.44 bits per heavy atom. The first-order valence-corrected chi connectivity index (χ1v) is 13.4. The third-order valence-electron chi connectivity index (χ3n) is 9.92. The SMILES string of the molecule is CNc1ccccc1C(=O)O[C@@H]1[C@@H](C)[C@@]2(O)[C@@H](C=C(CO)C[C@]3(O)C(=O)C(C)=C[C@@H]23)C2C(C)(C)[C@@]21OC(C)=O. The molecule has 39 heavy (non-hydrogen) atoms. The molecule has 9 heteroatoms. The molecule has 0 heterocycles. The molecule has 1 aromatic carbocycles. The maximum Gasteiger partial charge on any atom is 0.340 e. The van der Waals surface area contributed by atoms with Crippen LogP contribution in [0, 0.1) is 29.1 Å². The molecule has 1 unspecified atom stereocenters.